The van der Waals surface area contributed by atoms with E-state index in [-0.39, 0.29) is 23.6 Å². The molecule has 1 aromatic heterocycles. The lowest BCUT2D eigenvalue weighted by molar-refractivity contribution is -0.645. The zero-order valence-electron chi connectivity index (χ0n) is 15.2. The number of carbonyl (C=O) groups excluding carboxylic acids is 1. The van der Waals surface area contributed by atoms with Crippen molar-refractivity contribution < 1.29 is 9.52 Å². The SMILES string of the molecule is CC(C)c1ccc([C@@H](NC(=O)CSc2cccc[n+]2[O-])C(C)C)cc1. The van der Waals surface area contributed by atoms with Gasteiger partial charge in [-0.25, -0.2) is 0 Å². The molecule has 1 atom stereocenters. The van der Waals surface area contributed by atoms with Crippen LogP contribution in [-0.2, 0) is 4.79 Å². The minimum absolute atomic E-state index is 0.0375. The Balaban J connectivity index is 2.01. The molecule has 1 aromatic carbocycles. The molecule has 1 N–H and O–H groups in total. The predicted molar refractivity (Wildman–Crippen MR) is 102 cm³/mol. The maximum atomic E-state index is 12.3. The summed E-state index contributed by atoms with van der Waals surface area (Å²) in [5, 5.41) is 15.3. The van der Waals surface area contributed by atoms with Crippen molar-refractivity contribution >= 4 is 17.7 Å². The molecular weight excluding hydrogens is 332 g/mol. The van der Waals surface area contributed by atoms with Crippen LogP contribution >= 0.6 is 11.8 Å². The van der Waals surface area contributed by atoms with Gasteiger partial charge in [-0.05, 0) is 40.8 Å². The number of carbonyl (C=O) groups is 1. The van der Waals surface area contributed by atoms with Gasteiger partial charge in [-0.3, -0.25) is 4.79 Å². The minimum atomic E-state index is -0.0690. The number of amides is 1. The summed E-state index contributed by atoms with van der Waals surface area (Å²) in [4.78, 5) is 12.3. The minimum Gasteiger partial charge on any atom is -0.618 e. The van der Waals surface area contributed by atoms with Crippen molar-refractivity contribution in [2.24, 2.45) is 5.92 Å². The van der Waals surface area contributed by atoms with E-state index in [9.17, 15) is 10.0 Å². The second-order valence-corrected chi connectivity index (χ2v) is 7.76. The van der Waals surface area contributed by atoms with Crippen molar-refractivity contribution in [1.82, 2.24) is 5.32 Å². The number of rotatable bonds is 7. The maximum Gasteiger partial charge on any atom is 0.251 e. The number of aromatic nitrogens is 1. The standard InChI is InChI=1S/C20H26N2O2S/c1-14(2)16-8-10-17(11-9-16)20(15(3)4)21-18(23)13-25-19-7-5-6-12-22(19)24/h5-12,14-15,20H,13H2,1-4H3,(H,21,23)/t20-/m0/s1. The quantitative estimate of drug-likeness (QED) is 0.461. The monoisotopic (exact) mass is 358 g/mol. The summed E-state index contributed by atoms with van der Waals surface area (Å²) < 4.78 is 0.780. The lowest BCUT2D eigenvalue weighted by atomic mass is 9.93. The molecule has 1 heterocycles. The van der Waals surface area contributed by atoms with Crippen LogP contribution in [0.3, 0.4) is 0 Å². The molecule has 0 aliphatic carbocycles. The fraction of sp³-hybridized carbons (Fsp3) is 0.400. The second kappa shape index (κ2) is 8.90. The van der Waals surface area contributed by atoms with E-state index >= 15 is 0 Å². The van der Waals surface area contributed by atoms with E-state index in [1.54, 1.807) is 18.2 Å². The largest absolute Gasteiger partial charge is 0.618 e. The van der Waals surface area contributed by atoms with E-state index < -0.39 is 0 Å². The van der Waals surface area contributed by atoms with Crippen molar-refractivity contribution in [3.05, 3.63) is 65.0 Å². The Labute approximate surface area is 154 Å². The third kappa shape index (κ3) is 5.49. The Morgan fingerprint density at radius 2 is 1.72 bits per heavy atom. The lowest BCUT2D eigenvalue weighted by Gasteiger charge is -2.23. The highest BCUT2D eigenvalue weighted by molar-refractivity contribution is 7.99. The summed E-state index contributed by atoms with van der Waals surface area (Å²) in [6.45, 7) is 8.52. The topological polar surface area (TPSA) is 56.0 Å². The van der Waals surface area contributed by atoms with E-state index in [0.29, 0.717) is 10.9 Å². The lowest BCUT2D eigenvalue weighted by Crippen LogP contribution is -2.34. The van der Waals surface area contributed by atoms with Crippen LogP contribution in [-0.4, -0.2) is 11.7 Å². The average Bonchev–Trinajstić information content (AvgIpc) is 2.59. The summed E-state index contributed by atoms with van der Waals surface area (Å²) in [6, 6.07) is 13.6. The van der Waals surface area contributed by atoms with Crippen LogP contribution < -0.4 is 10.0 Å². The molecule has 0 fully saturated rings. The molecule has 0 spiro atoms. The van der Waals surface area contributed by atoms with Crippen LogP contribution in [0.15, 0.2) is 53.7 Å². The number of hydrogen-bond acceptors (Lipinski definition) is 3. The van der Waals surface area contributed by atoms with Crippen molar-refractivity contribution in [2.75, 3.05) is 5.75 Å². The molecule has 0 bridgehead atoms. The molecule has 0 saturated heterocycles. The zero-order valence-corrected chi connectivity index (χ0v) is 16.0. The molecular formula is C20H26N2O2S. The van der Waals surface area contributed by atoms with Crippen LogP contribution in [0, 0.1) is 11.1 Å². The van der Waals surface area contributed by atoms with Gasteiger partial charge in [0.25, 0.3) is 5.03 Å². The number of hydrogen-bond donors (Lipinski definition) is 1. The van der Waals surface area contributed by atoms with Crippen molar-refractivity contribution in [3.63, 3.8) is 0 Å². The van der Waals surface area contributed by atoms with Gasteiger partial charge in [0.2, 0.25) is 5.91 Å². The van der Waals surface area contributed by atoms with E-state index in [1.807, 2.05) is 0 Å². The van der Waals surface area contributed by atoms with Gasteiger partial charge in [0.1, 0.15) is 0 Å². The molecule has 25 heavy (non-hydrogen) atoms. The highest BCUT2D eigenvalue weighted by Crippen LogP contribution is 2.24. The smallest absolute Gasteiger partial charge is 0.251 e. The summed E-state index contributed by atoms with van der Waals surface area (Å²) in [5.74, 6) is 0.919. The molecule has 2 rings (SSSR count). The maximum absolute atomic E-state index is 12.3. The molecule has 0 saturated carbocycles. The van der Waals surface area contributed by atoms with Gasteiger partial charge in [-0.2, -0.15) is 4.73 Å². The molecule has 5 heteroatoms. The Morgan fingerprint density at radius 3 is 2.28 bits per heavy atom. The van der Waals surface area contributed by atoms with E-state index in [2.05, 4.69) is 57.3 Å². The third-order valence-electron chi connectivity index (χ3n) is 4.09. The first kappa shape index (κ1) is 19.3. The molecule has 0 unspecified atom stereocenters. The van der Waals surface area contributed by atoms with Crippen LogP contribution in [0.25, 0.3) is 0 Å². The molecule has 0 radical (unpaired) electrons. The van der Waals surface area contributed by atoms with Gasteiger partial charge in [0, 0.05) is 12.1 Å². The van der Waals surface area contributed by atoms with Gasteiger partial charge >= 0.3 is 0 Å². The predicted octanol–water partition coefficient (Wildman–Crippen LogP) is 4.05. The molecule has 2 aromatic rings. The van der Waals surface area contributed by atoms with Crippen molar-refractivity contribution in [2.45, 2.75) is 44.7 Å². The average molecular weight is 359 g/mol. The van der Waals surface area contributed by atoms with Gasteiger partial charge in [0.15, 0.2) is 6.20 Å². The number of pyridine rings is 1. The van der Waals surface area contributed by atoms with Crippen LogP contribution in [0.1, 0.15) is 50.8 Å². The van der Waals surface area contributed by atoms with Gasteiger partial charge in [0.05, 0.1) is 11.8 Å². The van der Waals surface area contributed by atoms with Crippen molar-refractivity contribution in [3.8, 4) is 0 Å². The summed E-state index contributed by atoms with van der Waals surface area (Å²) in [5.41, 5.74) is 2.40. The highest BCUT2D eigenvalue weighted by Gasteiger charge is 2.19. The van der Waals surface area contributed by atoms with Gasteiger partial charge in [-0.1, -0.05) is 52.0 Å². The molecule has 1 amide bonds. The number of thioether (sulfide) groups is 1. The fourth-order valence-electron chi connectivity index (χ4n) is 2.60. The van der Waals surface area contributed by atoms with E-state index in [0.717, 1.165) is 10.3 Å². The van der Waals surface area contributed by atoms with E-state index in [4.69, 9.17) is 0 Å². The summed E-state index contributed by atoms with van der Waals surface area (Å²) in [6.07, 6.45) is 1.44. The van der Waals surface area contributed by atoms with E-state index in [1.165, 1.54) is 23.5 Å². The fourth-order valence-corrected chi connectivity index (χ4v) is 3.33. The highest BCUT2D eigenvalue weighted by atomic mass is 32.2. The van der Waals surface area contributed by atoms with Crippen LogP contribution in [0.4, 0.5) is 0 Å². The number of nitrogens with one attached hydrogen (secondary N) is 1. The Morgan fingerprint density at radius 1 is 1.08 bits per heavy atom. The molecule has 134 valence electrons. The normalized spacial score (nSPS) is 12.4. The summed E-state index contributed by atoms with van der Waals surface area (Å²) in [7, 11) is 0. The number of nitrogens with zero attached hydrogens (tertiary/aromatic N) is 1. The first-order chi connectivity index (χ1) is 11.9. The van der Waals surface area contributed by atoms with Crippen molar-refractivity contribution in [1.29, 1.82) is 0 Å². The second-order valence-electron chi connectivity index (χ2n) is 6.76. The molecule has 4 nitrogen and oxygen atoms in total. The first-order valence-electron chi connectivity index (χ1n) is 8.58. The van der Waals surface area contributed by atoms with Crippen LogP contribution in [0.2, 0.25) is 0 Å². The Kier molecular flexibility index (Phi) is 6.88. The van der Waals surface area contributed by atoms with Gasteiger partial charge < -0.3 is 10.5 Å². The third-order valence-corrected chi connectivity index (χ3v) is 5.10. The van der Waals surface area contributed by atoms with Gasteiger partial charge in [-0.15, -0.1) is 0 Å². The first-order valence-corrected chi connectivity index (χ1v) is 9.57. The molecule has 0 aliphatic heterocycles. The number of benzene rings is 1. The molecule has 0 aliphatic rings. The van der Waals surface area contributed by atoms with Crippen LogP contribution in [0.5, 0.6) is 0 Å². The zero-order chi connectivity index (χ0) is 18.4. The summed E-state index contributed by atoms with van der Waals surface area (Å²) >= 11 is 1.25. The Bertz CT molecular complexity index is 699. The Hall–Kier alpha value is -2.01.